The molecule has 0 radical (unpaired) electrons. The van der Waals surface area contributed by atoms with E-state index < -0.39 is 0 Å². The Morgan fingerprint density at radius 3 is 3.14 bits per heavy atom. The molecule has 1 aliphatic heterocycles. The minimum Gasteiger partial charge on any atom is -0.372 e. The van der Waals surface area contributed by atoms with Gasteiger partial charge in [0.15, 0.2) is 0 Å². The third kappa shape index (κ3) is 1.64. The Morgan fingerprint density at radius 1 is 1.50 bits per heavy atom. The Morgan fingerprint density at radius 2 is 2.36 bits per heavy atom. The summed E-state index contributed by atoms with van der Waals surface area (Å²) in [5.41, 5.74) is 2.67. The second-order valence-electron chi connectivity index (χ2n) is 3.05. The van der Waals surface area contributed by atoms with Gasteiger partial charge in [0.1, 0.15) is 0 Å². The lowest BCUT2D eigenvalue weighted by Gasteiger charge is -2.19. The van der Waals surface area contributed by atoms with Crippen LogP contribution in [0.4, 0.5) is 5.69 Å². The first-order valence-electron chi connectivity index (χ1n) is 4.26. The fraction of sp³-hybridized carbons (Fsp3) is 0.222. The normalized spacial score (nSPS) is 14.0. The molecule has 1 aromatic carbocycles. The molecule has 14 heavy (non-hydrogen) atoms. The Hall–Kier alpha value is -1.33. The molecule has 0 spiro atoms. The Bertz CT molecular complexity index is 392. The molecular weight excluding hydrogens is 198 g/mol. The van der Waals surface area contributed by atoms with Gasteiger partial charge in [0, 0.05) is 30.2 Å². The number of nitrogens with one attached hydrogen (secondary N) is 2. The smallest absolute Gasteiger partial charge is 0.288 e. The van der Waals surface area contributed by atoms with Crippen LogP contribution in [0.5, 0.6) is 0 Å². The average Bonchev–Trinajstić information content (AvgIpc) is 2.27. The minimum atomic E-state index is -0.358. The van der Waals surface area contributed by atoms with Gasteiger partial charge in [-0.2, -0.15) is 0 Å². The maximum absolute atomic E-state index is 11.2. The molecule has 1 amide bonds. The van der Waals surface area contributed by atoms with E-state index in [-0.39, 0.29) is 5.91 Å². The standard InChI is InChI=1S/C9H9N3OS/c13-9(12-14)6-1-2-7-4-10-5-11-8(7)3-6/h1-3,10-11H,4-5H2. The van der Waals surface area contributed by atoms with Crippen LogP contribution in [-0.2, 0) is 19.0 Å². The molecule has 0 atom stereocenters. The summed E-state index contributed by atoms with van der Waals surface area (Å²) < 4.78 is 3.21. The van der Waals surface area contributed by atoms with Crippen LogP contribution in [-0.4, -0.2) is 12.6 Å². The van der Waals surface area contributed by atoms with Gasteiger partial charge in [0.05, 0.1) is 6.67 Å². The van der Waals surface area contributed by atoms with Crippen LogP contribution in [0.15, 0.2) is 22.6 Å². The monoisotopic (exact) mass is 207 g/mol. The van der Waals surface area contributed by atoms with Gasteiger partial charge in [-0.15, -0.1) is 4.36 Å². The van der Waals surface area contributed by atoms with Crippen molar-refractivity contribution in [1.82, 2.24) is 5.32 Å². The number of nitrogens with zero attached hydrogens (tertiary/aromatic N) is 1. The second-order valence-corrected chi connectivity index (χ2v) is 3.23. The molecule has 0 bridgehead atoms. The Kier molecular flexibility index (Phi) is 2.51. The average molecular weight is 207 g/mol. The maximum Gasteiger partial charge on any atom is 0.288 e. The molecule has 0 aromatic heterocycles. The van der Waals surface area contributed by atoms with Gasteiger partial charge in [0.2, 0.25) is 0 Å². The van der Waals surface area contributed by atoms with Crippen molar-refractivity contribution in [2.45, 2.75) is 6.54 Å². The van der Waals surface area contributed by atoms with Crippen molar-refractivity contribution in [2.24, 2.45) is 4.36 Å². The molecule has 2 N–H and O–H groups in total. The largest absolute Gasteiger partial charge is 0.372 e. The molecule has 5 heteroatoms. The van der Waals surface area contributed by atoms with Crippen molar-refractivity contribution in [3.8, 4) is 0 Å². The quantitative estimate of drug-likeness (QED) is 0.722. The lowest BCUT2D eigenvalue weighted by Crippen LogP contribution is -2.27. The van der Waals surface area contributed by atoms with E-state index in [4.69, 9.17) is 0 Å². The van der Waals surface area contributed by atoms with Gasteiger partial charge >= 0.3 is 0 Å². The second kappa shape index (κ2) is 3.81. The Labute approximate surface area is 86.9 Å². The first-order chi connectivity index (χ1) is 6.81. The molecule has 0 saturated heterocycles. The van der Waals surface area contributed by atoms with Crippen molar-refractivity contribution in [3.63, 3.8) is 0 Å². The number of carbonyl (C=O) groups is 1. The summed E-state index contributed by atoms with van der Waals surface area (Å²) >= 11 is 4.35. The van der Waals surface area contributed by atoms with Gasteiger partial charge in [-0.1, -0.05) is 6.07 Å². The molecule has 0 unspecified atom stereocenters. The summed E-state index contributed by atoms with van der Waals surface area (Å²) in [5, 5.41) is 6.31. The highest BCUT2D eigenvalue weighted by molar-refractivity contribution is 7.47. The first-order valence-corrected chi connectivity index (χ1v) is 4.63. The van der Waals surface area contributed by atoms with Gasteiger partial charge in [-0.05, 0) is 17.7 Å². The zero-order valence-electron chi connectivity index (χ0n) is 7.41. The topological polar surface area (TPSA) is 53.5 Å². The van der Waals surface area contributed by atoms with E-state index in [1.54, 1.807) is 12.1 Å². The third-order valence-electron chi connectivity index (χ3n) is 2.16. The molecule has 1 aromatic rings. The number of anilines is 1. The molecule has 1 aliphatic rings. The zero-order valence-corrected chi connectivity index (χ0v) is 8.23. The number of carbonyl (C=O) groups excluding carboxylic acids is 1. The number of amides is 1. The van der Waals surface area contributed by atoms with Gasteiger partial charge in [0.25, 0.3) is 5.91 Å². The molecule has 72 valence electrons. The fourth-order valence-corrected chi connectivity index (χ4v) is 1.54. The van der Waals surface area contributed by atoms with Crippen LogP contribution in [0.1, 0.15) is 15.9 Å². The summed E-state index contributed by atoms with van der Waals surface area (Å²) in [6.45, 7) is 1.54. The summed E-state index contributed by atoms with van der Waals surface area (Å²) in [6.07, 6.45) is 0. The van der Waals surface area contributed by atoms with Crippen molar-refractivity contribution in [1.29, 1.82) is 0 Å². The summed E-state index contributed by atoms with van der Waals surface area (Å²) in [7, 11) is 0. The number of fused-ring (bicyclic) bond motifs is 1. The third-order valence-corrected chi connectivity index (χ3v) is 2.32. The van der Waals surface area contributed by atoms with Crippen LogP contribution in [0.2, 0.25) is 0 Å². The maximum atomic E-state index is 11.2. The SMILES string of the molecule is O=C(N=S)c1ccc2c(c1)NCNC2. The van der Waals surface area contributed by atoms with Crippen molar-refractivity contribution in [3.05, 3.63) is 29.3 Å². The predicted molar refractivity (Wildman–Crippen MR) is 55.9 cm³/mol. The summed E-state index contributed by atoms with van der Waals surface area (Å²) in [6, 6.07) is 5.43. The summed E-state index contributed by atoms with van der Waals surface area (Å²) in [4.78, 5) is 11.2. The number of benzene rings is 1. The number of hydrogen-bond donors (Lipinski definition) is 2. The van der Waals surface area contributed by atoms with Crippen molar-refractivity contribution < 1.29 is 4.79 Å². The highest BCUT2D eigenvalue weighted by Gasteiger charge is 2.10. The molecular formula is C9H9N3OS. The molecule has 0 saturated carbocycles. The van der Waals surface area contributed by atoms with Gasteiger partial charge in [-0.25, -0.2) is 0 Å². The highest BCUT2D eigenvalue weighted by Crippen LogP contribution is 2.20. The molecule has 1 heterocycles. The van der Waals surface area contributed by atoms with Gasteiger partial charge in [-0.3, -0.25) is 10.1 Å². The van der Waals surface area contributed by atoms with Crippen LogP contribution >= 0.6 is 0 Å². The number of hydrogen-bond acceptors (Lipinski definition) is 4. The first kappa shape index (κ1) is 9.23. The van der Waals surface area contributed by atoms with Crippen LogP contribution < -0.4 is 10.6 Å². The lowest BCUT2D eigenvalue weighted by molar-refractivity contribution is 0.101. The van der Waals surface area contributed by atoms with Gasteiger partial charge < -0.3 is 5.32 Å². The van der Waals surface area contributed by atoms with E-state index in [0.29, 0.717) is 5.56 Å². The molecule has 0 fully saturated rings. The van der Waals surface area contributed by atoms with Crippen molar-refractivity contribution >= 4 is 24.0 Å². The Balaban J connectivity index is 2.38. The van der Waals surface area contributed by atoms with Crippen LogP contribution in [0.25, 0.3) is 0 Å². The lowest BCUT2D eigenvalue weighted by atomic mass is 10.1. The molecule has 0 aliphatic carbocycles. The van der Waals surface area contributed by atoms with E-state index in [1.807, 2.05) is 6.07 Å². The van der Waals surface area contributed by atoms with E-state index in [1.165, 1.54) is 0 Å². The fourth-order valence-electron chi connectivity index (χ4n) is 1.44. The van der Waals surface area contributed by atoms with E-state index in [9.17, 15) is 4.79 Å². The highest BCUT2D eigenvalue weighted by atomic mass is 32.1. The zero-order chi connectivity index (χ0) is 9.97. The van der Waals surface area contributed by atoms with E-state index in [0.717, 1.165) is 24.5 Å². The predicted octanol–water partition coefficient (Wildman–Crippen LogP) is 1.03. The van der Waals surface area contributed by atoms with E-state index >= 15 is 0 Å². The van der Waals surface area contributed by atoms with Crippen LogP contribution in [0, 0.1) is 0 Å². The molecule has 4 nitrogen and oxygen atoms in total. The number of rotatable bonds is 1. The minimum absolute atomic E-state index is 0.358. The molecule has 2 rings (SSSR count). The van der Waals surface area contributed by atoms with E-state index in [2.05, 4.69) is 27.4 Å². The summed E-state index contributed by atoms with van der Waals surface area (Å²) in [5.74, 6) is -0.358. The van der Waals surface area contributed by atoms with Crippen LogP contribution in [0.3, 0.4) is 0 Å². The van der Waals surface area contributed by atoms with Crippen molar-refractivity contribution in [2.75, 3.05) is 12.0 Å².